The molecule has 0 N–H and O–H groups in total. The van der Waals surface area contributed by atoms with E-state index < -0.39 is 0 Å². The summed E-state index contributed by atoms with van der Waals surface area (Å²) in [7, 11) is 0. The number of aromatic nitrogens is 4. The average molecular weight is 309 g/mol. The maximum atomic E-state index is 11.8. The Morgan fingerprint density at radius 3 is 2.95 bits per heavy atom. The molecule has 0 unspecified atom stereocenters. The molecule has 0 saturated carbocycles. The molecular weight excluding hydrogens is 300 g/mol. The molecule has 0 atom stereocenters. The van der Waals surface area contributed by atoms with Crippen molar-refractivity contribution in [3.63, 3.8) is 0 Å². The first-order chi connectivity index (χ1) is 9.65. The van der Waals surface area contributed by atoms with Crippen LogP contribution in [0.2, 0.25) is 5.02 Å². The lowest BCUT2D eigenvalue weighted by atomic mass is 10.3. The minimum atomic E-state index is -0.268. The van der Waals surface area contributed by atoms with Gasteiger partial charge in [0.05, 0.1) is 5.02 Å². The van der Waals surface area contributed by atoms with Crippen LogP contribution in [-0.2, 0) is 6.61 Å². The normalized spacial score (nSPS) is 10.9. The van der Waals surface area contributed by atoms with Crippen molar-refractivity contribution in [1.82, 2.24) is 19.8 Å². The number of hydrogen-bond donors (Lipinski definition) is 0. The van der Waals surface area contributed by atoms with Crippen molar-refractivity contribution in [2.75, 3.05) is 0 Å². The highest BCUT2D eigenvalue weighted by Crippen LogP contribution is 2.24. The van der Waals surface area contributed by atoms with Crippen molar-refractivity contribution in [2.45, 2.75) is 13.5 Å². The molecule has 3 rings (SSSR count). The molecule has 3 aromatic rings. The molecule has 0 bridgehead atoms. The SMILES string of the molecule is Cc1nnc2sc(COc3ccccc3Cl)nn2c1=O. The molecule has 2 aromatic heterocycles. The van der Waals surface area contributed by atoms with Crippen molar-refractivity contribution >= 4 is 27.9 Å². The average Bonchev–Trinajstić information content (AvgIpc) is 2.86. The zero-order valence-corrected chi connectivity index (χ0v) is 12.0. The molecule has 0 aliphatic heterocycles. The van der Waals surface area contributed by atoms with Gasteiger partial charge in [0.25, 0.3) is 5.56 Å². The van der Waals surface area contributed by atoms with Gasteiger partial charge in [0.15, 0.2) is 5.01 Å². The number of benzene rings is 1. The van der Waals surface area contributed by atoms with Crippen molar-refractivity contribution in [1.29, 1.82) is 0 Å². The molecule has 102 valence electrons. The van der Waals surface area contributed by atoms with Crippen LogP contribution < -0.4 is 10.3 Å². The fourth-order valence-electron chi connectivity index (χ4n) is 1.59. The summed E-state index contributed by atoms with van der Waals surface area (Å²) in [5.74, 6) is 0.572. The zero-order valence-electron chi connectivity index (χ0n) is 10.4. The molecule has 0 amide bonds. The van der Waals surface area contributed by atoms with Gasteiger partial charge in [0.2, 0.25) is 4.96 Å². The van der Waals surface area contributed by atoms with Gasteiger partial charge in [0.1, 0.15) is 18.1 Å². The highest BCUT2D eigenvalue weighted by atomic mass is 35.5. The van der Waals surface area contributed by atoms with Crippen LogP contribution in [0.5, 0.6) is 5.75 Å². The molecule has 0 aliphatic carbocycles. The van der Waals surface area contributed by atoms with Crippen LogP contribution in [0.1, 0.15) is 10.7 Å². The van der Waals surface area contributed by atoms with Gasteiger partial charge in [-0.3, -0.25) is 4.79 Å². The second-order valence-corrected chi connectivity index (χ2v) is 5.45. The van der Waals surface area contributed by atoms with Crippen molar-refractivity contribution in [2.24, 2.45) is 0 Å². The summed E-state index contributed by atoms with van der Waals surface area (Å²) in [5.41, 5.74) is 0.0432. The number of para-hydroxylation sites is 1. The maximum Gasteiger partial charge on any atom is 0.296 e. The third-order valence-electron chi connectivity index (χ3n) is 2.58. The molecule has 6 nitrogen and oxygen atoms in total. The van der Waals surface area contributed by atoms with Crippen molar-refractivity contribution in [3.8, 4) is 5.75 Å². The summed E-state index contributed by atoms with van der Waals surface area (Å²) in [6.45, 7) is 1.82. The summed E-state index contributed by atoms with van der Waals surface area (Å²) in [4.78, 5) is 12.3. The molecule has 2 heterocycles. The minimum absolute atomic E-state index is 0.218. The number of ether oxygens (including phenoxy) is 1. The Bertz CT molecular complexity index is 830. The highest BCUT2D eigenvalue weighted by Gasteiger charge is 2.10. The number of rotatable bonds is 3. The predicted octanol–water partition coefficient (Wildman–Crippen LogP) is 2.09. The van der Waals surface area contributed by atoms with Gasteiger partial charge in [-0.05, 0) is 19.1 Å². The number of hydrogen-bond acceptors (Lipinski definition) is 6. The molecule has 0 fully saturated rings. The van der Waals surface area contributed by atoms with Crippen LogP contribution in [0.15, 0.2) is 29.1 Å². The van der Waals surface area contributed by atoms with Crippen molar-refractivity contribution < 1.29 is 4.74 Å². The lowest BCUT2D eigenvalue weighted by Crippen LogP contribution is -2.19. The van der Waals surface area contributed by atoms with Crippen LogP contribution in [0.25, 0.3) is 4.96 Å². The fraction of sp³-hybridized carbons (Fsp3) is 0.167. The zero-order chi connectivity index (χ0) is 14.1. The first-order valence-electron chi connectivity index (χ1n) is 5.74. The van der Waals surface area contributed by atoms with Crippen LogP contribution in [0, 0.1) is 6.92 Å². The van der Waals surface area contributed by atoms with E-state index in [9.17, 15) is 4.79 Å². The Morgan fingerprint density at radius 2 is 2.15 bits per heavy atom. The number of aryl methyl sites for hydroxylation is 1. The first-order valence-corrected chi connectivity index (χ1v) is 6.94. The number of halogens is 1. The quantitative estimate of drug-likeness (QED) is 0.741. The maximum absolute atomic E-state index is 11.8. The summed E-state index contributed by atoms with van der Waals surface area (Å²) in [5, 5.41) is 13.0. The topological polar surface area (TPSA) is 69.4 Å². The Morgan fingerprint density at radius 1 is 1.35 bits per heavy atom. The monoisotopic (exact) mass is 308 g/mol. The Labute approximate surface area is 122 Å². The summed E-state index contributed by atoms with van der Waals surface area (Å²) < 4.78 is 6.81. The Hall–Kier alpha value is -1.99. The van der Waals surface area contributed by atoms with E-state index in [1.165, 1.54) is 15.9 Å². The van der Waals surface area contributed by atoms with E-state index in [2.05, 4.69) is 15.3 Å². The fourth-order valence-corrected chi connectivity index (χ4v) is 2.53. The molecule has 20 heavy (non-hydrogen) atoms. The van der Waals surface area contributed by atoms with Gasteiger partial charge >= 0.3 is 0 Å². The van der Waals surface area contributed by atoms with E-state index in [0.717, 1.165) is 0 Å². The lowest BCUT2D eigenvalue weighted by molar-refractivity contribution is 0.304. The highest BCUT2D eigenvalue weighted by molar-refractivity contribution is 7.16. The molecule has 0 saturated heterocycles. The van der Waals surface area contributed by atoms with Crippen LogP contribution in [-0.4, -0.2) is 19.8 Å². The Kier molecular flexibility index (Phi) is 3.37. The van der Waals surface area contributed by atoms with Gasteiger partial charge in [-0.15, -0.1) is 10.2 Å². The van der Waals surface area contributed by atoms with E-state index in [0.29, 0.717) is 26.4 Å². The molecule has 0 spiro atoms. The lowest BCUT2D eigenvalue weighted by Gasteiger charge is -2.04. The van der Waals surface area contributed by atoms with E-state index >= 15 is 0 Å². The third-order valence-corrected chi connectivity index (χ3v) is 3.76. The van der Waals surface area contributed by atoms with Gasteiger partial charge in [-0.25, -0.2) is 0 Å². The number of fused-ring (bicyclic) bond motifs is 1. The Balaban J connectivity index is 1.87. The summed E-state index contributed by atoms with van der Waals surface area (Å²) in [6.07, 6.45) is 0. The van der Waals surface area contributed by atoms with E-state index in [1.807, 2.05) is 12.1 Å². The second kappa shape index (κ2) is 5.18. The van der Waals surface area contributed by atoms with E-state index in [4.69, 9.17) is 16.3 Å². The minimum Gasteiger partial charge on any atom is -0.485 e. The molecular formula is C12H9ClN4O2S. The van der Waals surface area contributed by atoms with Gasteiger partial charge < -0.3 is 4.74 Å². The van der Waals surface area contributed by atoms with Crippen molar-refractivity contribution in [3.05, 3.63) is 50.3 Å². The third kappa shape index (κ3) is 2.37. The summed E-state index contributed by atoms with van der Waals surface area (Å²) in [6, 6.07) is 7.17. The molecule has 0 aliphatic rings. The predicted molar refractivity (Wildman–Crippen MR) is 75.5 cm³/mol. The van der Waals surface area contributed by atoms with Gasteiger partial charge in [-0.1, -0.05) is 35.1 Å². The molecule has 1 aromatic carbocycles. The second-order valence-electron chi connectivity index (χ2n) is 4.00. The molecule has 8 heteroatoms. The standard InChI is InChI=1S/C12H9ClN4O2S/c1-7-11(18)17-12(15-14-7)20-10(16-17)6-19-9-5-3-2-4-8(9)13/h2-5H,6H2,1H3. The van der Waals surface area contributed by atoms with Gasteiger partial charge in [0, 0.05) is 0 Å². The first kappa shape index (κ1) is 13.0. The van der Waals surface area contributed by atoms with Crippen LogP contribution in [0.4, 0.5) is 0 Å². The smallest absolute Gasteiger partial charge is 0.296 e. The van der Waals surface area contributed by atoms with E-state index in [1.54, 1.807) is 19.1 Å². The van der Waals surface area contributed by atoms with Crippen LogP contribution >= 0.6 is 22.9 Å². The van der Waals surface area contributed by atoms with Gasteiger partial charge in [-0.2, -0.15) is 9.61 Å². The largest absolute Gasteiger partial charge is 0.485 e. The van der Waals surface area contributed by atoms with E-state index in [-0.39, 0.29) is 12.2 Å². The molecule has 0 radical (unpaired) electrons. The van der Waals surface area contributed by atoms with Crippen LogP contribution in [0.3, 0.4) is 0 Å². The number of nitrogens with zero attached hydrogens (tertiary/aromatic N) is 4. The summed E-state index contributed by atoms with van der Waals surface area (Å²) >= 11 is 7.25.